The minimum atomic E-state index is -0.204. The van der Waals surface area contributed by atoms with E-state index in [1.54, 1.807) is 42.3 Å². The molecule has 2 N–H and O–H groups in total. The maximum absolute atomic E-state index is 12.8. The van der Waals surface area contributed by atoms with E-state index in [4.69, 9.17) is 4.74 Å². The lowest BCUT2D eigenvalue weighted by molar-refractivity contribution is -0.114. The zero-order chi connectivity index (χ0) is 23.6. The van der Waals surface area contributed by atoms with Crippen LogP contribution in [-0.2, 0) is 11.3 Å². The number of nitrogens with zero attached hydrogens (tertiary/aromatic N) is 1. The molecule has 0 radical (unpaired) electrons. The van der Waals surface area contributed by atoms with Gasteiger partial charge in [0.15, 0.2) is 0 Å². The van der Waals surface area contributed by atoms with E-state index in [1.165, 1.54) is 0 Å². The fourth-order valence-corrected chi connectivity index (χ4v) is 3.17. The molecule has 6 nitrogen and oxygen atoms in total. The number of hydrogen-bond acceptors (Lipinski definition) is 4. The minimum Gasteiger partial charge on any atom is -0.489 e. The maximum Gasteiger partial charge on any atom is 0.253 e. The molecule has 0 saturated carbocycles. The molecule has 170 valence electrons. The summed E-state index contributed by atoms with van der Waals surface area (Å²) in [6.07, 6.45) is 0. The Kier molecular flexibility index (Phi) is 8.24. The molecule has 0 unspecified atom stereocenters. The third-order valence-electron chi connectivity index (χ3n) is 4.77. The van der Waals surface area contributed by atoms with Gasteiger partial charge in [0.1, 0.15) is 12.4 Å². The van der Waals surface area contributed by atoms with Crippen LogP contribution < -0.4 is 15.4 Å². The molecular weight excluding hydrogens is 414 g/mol. The number of rotatable bonds is 10. The Morgan fingerprint density at radius 1 is 0.939 bits per heavy atom. The first-order chi connectivity index (χ1) is 15.9. The summed E-state index contributed by atoms with van der Waals surface area (Å²) in [4.78, 5) is 26.9. The first-order valence-electron chi connectivity index (χ1n) is 10.7. The highest BCUT2D eigenvalue weighted by atomic mass is 16.5. The van der Waals surface area contributed by atoms with Crippen molar-refractivity contribution in [2.75, 3.05) is 30.8 Å². The van der Waals surface area contributed by atoms with Gasteiger partial charge in [-0.3, -0.25) is 9.59 Å². The van der Waals surface area contributed by atoms with E-state index in [-0.39, 0.29) is 18.4 Å². The fourth-order valence-electron chi connectivity index (χ4n) is 3.17. The van der Waals surface area contributed by atoms with E-state index in [0.29, 0.717) is 35.8 Å². The normalized spacial score (nSPS) is 10.2. The van der Waals surface area contributed by atoms with Crippen molar-refractivity contribution in [2.45, 2.75) is 13.5 Å². The molecule has 0 atom stereocenters. The number of ether oxygens (including phenoxy) is 1. The summed E-state index contributed by atoms with van der Waals surface area (Å²) in [5.74, 6) is 0.373. The van der Waals surface area contributed by atoms with Gasteiger partial charge in [0, 0.05) is 36.6 Å². The van der Waals surface area contributed by atoms with Gasteiger partial charge in [-0.2, -0.15) is 0 Å². The van der Waals surface area contributed by atoms with Crippen LogP contribution >= 0.6 is 0 Å². The average Bonchev–Trinajstić information content (AvgIpc) is 2.82. The summed E-state index contributed by atoms with van der Waals surface area (Å²) in [7, 11) is 1.77. The van der Waals surface area contributed by atoms with E-state index in [2.05, 4.69) is 17.2 Å². The molecule has 0 heterocycles. The van der Waals surface area contributed by atoms with Crippen LogP contribution in [0.15, 0.2) is 91.0 Å². The predicted molar refractivity (Wildman–Crippen MR) is 133 cm³/mol. The van der Waals surface area contributed by atoms with E-state index in [9.17, 15) is 9.59 Å². The number of amides is 2. The second-order valence-corrected chi connectivity index (χ2v) is 7.90. The highest BCUT2D eigenvalue weighted by Gasteiger charge is 2.13. The molecule has 2 amide bonds. The Hall–Kier alpha value is -4.06. The standard InChI is InChI=1S/C27H29N3O3/c1-20(2)19-33-25-14-8-13-24(16-25)29-26(31)17-28-23-12-7-11-22(15-23)27(32)30(3)18-21-9-5-4-6-10-21/h4-16,28H,1,17-19H2,2-3H3,(H,29,31). The number of hydrogen-bond donors (Lipinski definition) is 2. The number of benzene rings is 3. The highest BCUT2D eigenvalue weighted by molar-refractivity contribution is 5.96. The third-order valence-corrected chi connectivity index (χ3v) is 4.77. The lowest BCUT2D eigenvalue weighted by atomic mass is 10.1. The molecule has 3 rings (SSSR count). The molecular formula is C27H29N3O3. The zero-order valence-corrected chi connectivity index (χ0v) is 19.0. The van der Waals surface area contributed by atoms with Crippen LogP contribution in [0.3, 0.4) is 0 Å². The first kappa shape index (κ1) is 23.6. The van der Waals surface area contributed by atoms with Crippen LogP contribution in [0.5, 0.6) is 5.75 Å². The Bertz CT molecular complexity index is 1110. The van der Waals surface area contributed by atoms with Crippen LogP contribution in [-0.4, -0.2) is 36.9 Å². The van der Waals surface area contributed by atoms with Crippen molar-refractivity contribution in [3.63, 3.8) is 0 Å². The van der Waals surface area contributed by atoms with Gasteiger partial charge >= 0.3 is 0 Å². The molecule has 0 aromatic heterocycles. The molecule has 0 aliphatic carbocycles. The van der Waals surface area contributed by atoms with Gasteiger partial charge in [-0.05, 0) is 48.4 Å². The van der Waals surface area contributed by atoms with Gasteiger partial charge in [0.2, 0.25) is 5.91 Å². The summed E-state index contributed by atoms with van der Waals surface area (Å²) in [5.41, 5.74) is 3.88. The van der Waals surface area contributed by atoms with Crippen LogP contribution in [0.2, 0.25) is 0 Å². The number of carbonyl (C=O) groups is 2. The number of anilines is 2. The van der Waals surface area contributed by atoms with Crippen LogP contribution in [0.25, 0.3) is 0 Å². The summed E-state index contributed by atoms with van der Waals surface area (Å²) < 4.78 is 5.61. The van der Waals surface area contributed by atoms with Crippen molar-refractivity contribution in [1.82, 2.24) is 4.90 Å². The Labute approximate surface area is 194 Å². The molecule has 0 saturated heterocycles. The lowest BCUT2D eigenvalue weighted by Gasteiger charge is -2.18. The van der Waals surface area contributed by atoms with Crippen molar-refractivity contribution >= 4 is 23.2 Å². The maximum atomic E-state index is 12.8. The first-order valence-corrected chi connectivity index (χ1v) is 10.7. The van der Waals surface area contributed by atoms with E-state index in [1.807, 2.05) is 55.5 Å². The van der Waals surface area contributed by atoms with Crippen LogP contribution in [0, 0.1) is 0 Å². The van der Waals surface area contributed by atoms with E-state index >= 15 is 0 Å². The SMILES string of the molecule is C=C(C)COc1cccc(NC(=O)CNc2cccc(C(=O)N(C)Cc3ccccc3)c2)c1. The van der Waals surface area contributed by atoms with Crippen molar-refractivity contribution in [2.24, 2.45) is 0 Å². The Morgan fingerprint density at radius 2 is 1.67 bits per heavy atom. The molecule has 3 aromatic rings. The van der Waals surface area contributed by atoms with Crippen LogP contribution in [0.1, 0.15) is 22.8 Å². The number of carbonyl (C=O) groups excluding carboxylic acids is 2. The van der Waals surface area contributed by atoms with Gasteiger partial charge < -0.3 is 20.3 Å². The third kappa shape index (κ3) is 7.54. The van der Waals surface area contributed by atoms with E-state index in [0.717, 1.165) is 11.1 Å². The summed E-state index contributed by atoms with van der Waals surface area (Å²) >= 11 is 0. The second kappa shape index (κ2) is 11.5. The highest BCUT2D eigenvalue weighted by Crippen LogP contribution is 2.18. The lowest BCUT2D eigenvalue weighted by Crippen LogP contribution is -2.26. The monoisotopic (exact) mass is 443 g/mol. The quantitative estimate of drug-likeness (QED) is 0.434. The van der Waals surface area contributed by atoms with Crippen molar-refractivity contribution in [3.8, 4) is 5.75 Å². The summed E-state index contributed by atoms with van der Waals surface area (Å²) in [5, 5.41) is 5.92. The molecule has 3 aromatic carbocycles. The van der Waals surface area contributed by atoms with Gasteiger partial charge in [0.05, 0.1) is 6.54 Å². The fraction of sp³-hybridized carbons (Fsp3) is 0.185. The molecule has 6 heteroatoms. The van der Waals surface area contributed by atoms with Gasteiger partial charge in [-0.1, -0.05) is 49.0 Å². The Morgan fingerprint density at radius 3 is 2.42 bits per heavy atom. The van der Waals surface area contributed by atoms with E-state index < -0.39 is 0 Å². The molecule has 0 spiro atoms. The van der Waals surface area contributed by atoms with Gasteiger partial charge in [0.25, 0.3) is 5.91 Å². The molecule has 0 aliphatic heterocycles. The Balaban J connectivity index is 1.54. The smallest absolute Gasteiger partial charge is 0.253 e. The predicted octanol–water partition coefficient (Wildman–Crippen LogP) is 4.96. The molecule has 0 bridgehead atoms. The summed E-state index contributed by atoms with van der Waals surface area (Å²) in [6.45, 7) is 6.71. The van der Waals surface area contributed by atoms with Gasteiger partial charge in [-0.25, -0.2) is 0 Å². The molecule has 0 aliphatic rings. The topological polar surface area (TPSA) is 70.7 Å². The number of nitrogens with one attached hydrogen (secondary N) is 2. The molecule has 33 heavy (non-hydrogen) atoms. The largest absolute Gasteiger partial charge is 0.489 e. The minimum absolute atomic E-state index is 0.0638. The van der Waals surface area contributed by atoms with Crippen molar-refractivity contribution in [1.29, 1.82) is 0 Å². The van der Waals surface area contributed by atoms with Crippen molar-refractivity contribution in [3.05, 3.63) is 102 Å². The summed E-state index contributed by atoms with van der Waals surface area (Å²) in [6, 6.07) is 24.2. The average molecular weight is 444 g/mol. The zero-order valence-electron chi connectivity index (χ0n) is 19.0. The van der Waals surface area contributed by atoms with Gasteiger partial charge in [-0.15, -0.1) is 0 Å². The van der Waals surface area contributed by atoms with Crippen LogP contribution in [0.4, 0.5) is 11.4 Å². The molecule has 0 fully saturated rings. The van der Waals surface area contributed by atoms with Crippen molar-refractivity contribution < 1.29 is 14.3 Å². The second-order valence-electron chi connectivity index (χ2n) is 7.90.